The van der Waals surface area contributed by atoms with Crippen molar-refractivity contribution in [2.45, 2.75) is 55.2 Å². The number of esters is 1. The molecule has 1 aliphatic heterocycles. The van der Waals surface area contributed by atoms with Gasteiger partial charge in [0.25, 0.3) is 0 Å². The SMILES string of the molecule is CO[C@@H]1[C@H](OC(C)=O)[C@@H](OCc2ccccc2)[C@H](C)O[C@H]1Sc1ccccc1. The van der Waals surface area contributed by atoms with Crippen molar-refractivity contribution < 1.29 is 23.7 Å². The van der Waals surface area contributed by atoms with Crippen LogP contribution >= 0.6 is 11.8 Å². The first-order chi connectivity index (χ1) is 13.6. The average Bonchev–Trinajstić information content (AvgIpc) is 2.69. The lowest BCUT2D eigenvalue weighted by atomic mass is 10.00. The number of rotatable bonds is 7. The largest absolute Gasteiger partial charge is 0.457 e. The van der Waals surface area contributed by atoms with Crippen molar-refractivity contribution >= 4 is 17.7 Å². The first kappa shape index (κ1) is 20.9. The Kier molecular flexibility index (Phi) is 7.50. The average molecular weight is 403 g/mol. The molecule has 1 saturated heterocycles. The molecule has 150 valence electrons. The Balaban J connectivity index is 1.77. The van der Waals surface area contributed by atoms with E-state index in [0.717, 1.165) is 10.5 Å². The molecule has 2 aromatic carbocycles. The highest BCUT2D eigenvalue weighted by Gasteiger charge is 2.47. The molecule has 0 saturated carbocycles. The van der Waals surface area contributed by atoms with E-state index >= 15 is 0 Å². The van der Waals surface area contributed by atoms with E-state index < -0.39 is 18.3 Å². The second-order valence-corrected chi connectivity index (χ2v) is 7.85. The lowest BCUT2D eigenvalue weighted by Crippen LogP contribution is -2.58. The molecule has 1 fully saturated rings. The number of thioether (sulfide) groups is 1. The number of hydrogen-bond acceptors (Lipinski definition) is 6. The van der Waals surface area contributed by atoms with Crippen molar-refractivity contribution in [1.82, 2.24) is 0 Å². The third kappa shape index (κ3) is 5.35. The molecule has 5 nitrogen and oxygen atoms in total. The minimum atomic E-state index is -0.559. The van der Waals surface area contributed by atoms with Crippen LogP contribution in [0.3, 0.4) is 0 Å². The van der Waals surface area contributed by atoms with Gasteiger partial charge in [-0.25, -0.2) is 0 Å². The first-order valence-electron chi connectivity index (χ1n) is 9.31. The summed E-state index contributed by atoms with van der Waals surface area (Å²) in [5.74, 6) is -0.363. The second-order valence-electron chi connectivity index (χ2n) is 6.68. The van der Waals surface area contributed by atoms with Gasteiger partial charge in [-0.2, -0.15) is 0 Å². The molecule has 5 atom stereocenters. The van der Waals surface area contributed by atoms with Gasteiger partial charge in [-0.1, -0.05) is 60.3 Å². The molecular formula is C22H26O5S. The summed E-state index contributed by atoms with van der Waals surface area (Å²) in [5.41, 5.74) is 0.731. The van der Waals surface area contributed by atoms with E-state index in [9.17, 15) is 4.79 Å². The molecule has 0 spiro atoms. The molecule has 3 rings (SSSR count). The van der Waals surface area contributed by atoms with E-state index in [-0.39, 0.29) is 17.5 Å². The molecule has 0 N–H and O–H groups in total. The zero-order chi connectivity index (χ0) is 19.9. The maximum atomic E-state index is 11.8. The fourth-order valence-corrected chi connectivity index (χ4v) is 4.48. The van der Waals surface area contributed by atoms with E-state index in [1.54, 1.807) is 18.9 Å². The van der Waals surface area contributed by atoms with E-state index in [0.29, 0.717) is 6.61 Å². The third-order valence-corrected chi connectivity index (χ3v) is 5.74. The smallest absolute Gasteiger partial charge is 0.303 e. The van der Waals surface area contributed by atoms with Crippen LogP contribution in [-0.4, -0.2) is 42.9 Å². The fraction of sp³-hybridized carbons (Fsp3) is 0.409. The molecule has 0 amide bonds. The number of carbonyl (C=O) groups is 1. The maximum absolute atomic E-state index is 11.8. The molecule has 0 radical (unpaired) electrons. The Morgan fingerprint density at radius 3 is 2.25 bits per heavy atom. The molecule has 1 heterocycles. The Morgan fingerprint density at radius 1 is 1.00 bits per heavy atom. The predicted molar refractivity (Wildman–Crippen MR) is 108 cm³/mol. The van der Waals surface area contributed by atoms with Gasteiger partial charge in [0.2, 0.25) is 0 Å². The Hall–Kier alpha value is -1.86. The summed E-state index contributed by atoms with van der Waals surface area (Å²) < 4.78 is 23.7. The summed E-state index contributed by atoms with van der Waals surface area (Å²) in [6.45, 7) is 3.75. The topological polar surface area (TPSA) is 54.0 Å². The van der Waals surface area contributed by atoms with Crippen molar-refractivity contribution in [1.29, 1.82) is 0 Å². The molecule has 0 bridgehead atoms. The molecule has 1 aliphatic rings. The molecule has 0 unspecified atom stereocenters. The van der Waals surface area contributed by atoms with Crippen LogP contribution < -0.4 is 0 Å². The van der Waals surface area contributed by atoms with Crippen molar-refractivity contribution in [3.8, 4) is 0 Å². The van der Waals surface area contributed by atoms with Crippen LogP contribution in [0.15, 0.2) is 65.6 Å². The number of hydrogen-bond donors (Lipinski definition) is 0. The second kappa shape index (κ2) is 10.1. The van der Waals surface area contributed by atoms with E-state index in [1.165, 1.54) is 6.92 Å². The van der Waals surface area contributed by atoms with Gasteiger partial charge in [0.15, 0.2) is 6.10 Å². The lowest BCUT2D eigenvalue weighted by Gasteiger charge is -2.44. The number of carbonyl (C=O) groups excluding carboxylic acids is 1. The summed E-state index contributed by atoms with van der Waals surface area (Å²) in [7, 11) is 1.60. The summed E-state index contributed by atoms with van der Waals surface area (Å²) in [6.07, 6.45) is -1.70. The number of ether oxygens (including phenoxy) is 4. The van der Waals surface area contributed by atoms with Gasteiger partial charge in [-0.15, -0.1) is 0 Å². The third-order valence-electron chi connectivity index (χ3n) is 4.58. The van der Waals surface area contributed by atoms with Crippen molar-refractivity contribution in [3.05, 3.63) is 66.2 Å². The van der Waals surface area contributed by atoms with Crippen LogP contribution in [-0.2, 0) is 30.3 Å². The zero-order valence-electron chi connectivity index (χ0n) is 16.3. The highest BCUT2D eigenvalue weighted by Crippen LogP contribution is 2.36. The Bertz CT molecular complexity index is 737. The summed E-state index contributed by atoms with van der Waals surface area (Å²) >= 11 is 1.55. The number of methoxy groups -OCH3 is 1. The molecule has 6 heteroatoms. The fourth-order valence-electron chi connectivity index (χ4n) is 3.27. The van der Waals surface area contributed by atoms with Crippen LogP contribution in [0.2, 0.25) is 0 Å². The van der Waals surface area contributed by atoms with Crippen LogP contribution in [0, 0.1) is 0 Å². The predicted octanol–water partition coefficient (Wildman–Crippen LogP) is 4.06. The summed E-state index contributed by atoms with van der Waals surface area (Å²) in [6, 6.07) is 19.8. The molecule has 0 aliphatic carbocycles. The normalized spacial score (nSPS) is 27.3. The van der Waals surface area contributed by atoms with E-state index in [1.807, 2.05) is 67.6 Å². The Labute approximate surface area is 170 Å². The van der Waals surface area contributed by atoms with E-state index in [2.05, 4.69) is 0 Å². The highest BCUT2D eigenvalue weighted by atomic mass is 32.2. The molecule has 2 aromatic rings. The molecule has 28 heavy (non-hydrogen) atoms. The standard InChI is InChI=1S/C22H26O5S/c1-15-19(25-14-17-10-6-4-7-11-17)20(27-16(2)23)21(24-3)22(26-15)28-18-12-8-5-9-13-18/h4-13,15,19-22H,14H2,1-3H3/t15-,19-,20+,21+,22-/m0/s1. The number of benzene rings is 2. The first-order valence-corrected chi connectivity index (χ1v) is 10.2. The van der Waals surface area contributed by atoms with Crippen LogP contribution in [0.4, 0.5) is 0 Å². The summed E-state index contributed by atoms with van der Waals surface area (Å²) in [4.78, 5) is 12.8. The van der Waals surface area contributed by atoms with Crippen LogP contribution in [0.5, 0.6) is 0 Å². The van der Waals surface area contributed by atoms with E-state index in [4.69, 9.17) is 18.9 Å². The quantitative estimate of drug-likeness (QED) is 0.651. The maximum Gasteiger partial charge on any atom is 0.303 e. The van der Waals surface area contributed by atoms with Crippen molar-refractivity contribution in [3.63, 3.8) is 0 Å². The van der Waals surface area contributed by atoms with Crippen molar-refractivity contribution in [2.24, 2.45) is 0 Å². The van der Waals surface area contributed by atoms with Crippen LogP contribution in [0.25, 0.3) is 0 Å². The van der Waals surface area contributed by atoms with Crippen LogP contribution in [0.1, 0.15) is 19.4 Å². The van der Waals surface area contributed by atoms with Gasteiger partial charge in [-0.05, 0) is 24.6 Å². The van der Waals surface area contributed by atoms with Gasteiger partial charge in [0.05, 0.1) is 12.7 Å². The zero-order valence-corrected chi connectivity index (χ0v) is 17.1. The molecule has 0 aromatic heterocycles. The highest BCUT2D eigenvalue weighted by molar-refractivity contribution is 7.99. The monoisotopic (exact) mass is 402 g/mol. The minimum absolute atomic E-state index is 0.263. The van der Waals surface area contributed by atoms with Gasteiger partial charge >= 0.3 is 5.97 Å². The van der Waals surface area contributed by atoms with Gasteiger partial charge in [0.1, 0.15) is 17.6 Å². The minimum Gasteiger partial charge on any atom is -0.457 e. The van der Waals surface area contributed by atoms with Gasteiger partial charge in [-0.3, -0.25) is 4.79 Å². The summed E-state index contributed by atoms with van der Waals surface area (Å²) in [5, 5.41) is 0. The molecular weight excluding hydrogens is 376 g/mol. The lowest BCUT2D eigenvalue weighted by molar-refractivity contribution is -0.229. The van der Waals surface area contributed by atoms with Crippen molar-refractivity contribution in [2.75, 3.05) is 7.11 Å². The van der Waals surface area contributed by atoms with Gasteiger partial charge < -0.3 is 18.9 Å². The Morgan fingerprint density at radius 2 is 1.64 bits per heavy atom. The van der Waals surface area contributed by atoms with Gasteiger partial charge in [0, 0.05) is 18.9 Å².